The third-order valence-electron chi connectivity index (χ3n) is 21.6. The second kappa shape index (κ2) is 38.9. The van der Waals surface area contributed by atoms with Gasteiger partial charge in [0.05, 0.1) is 52.0 Å². The number of nitrogens with one attached hydrogen (secondary N) is 6. The Hall–Kier alpha value is -8.89. The highest BCUT2D eigenvalue weighted by atomic mass is 35.5. The molecule has 0 aliphatic carbocycles. The first-order valence-corrected chi connectivity index (χ1v) is 41.2. The van der Waals surface area contributed by atoms with Crippen molar-refractivity contribution in [3.05, 3.63) is 116 Å². The molecule has 7 heterocycles. The van der Waals surface area contributed by atoms with Crippen molar-refractivity contribution in [3.8, 4) is 57.1 Å². The van der Waals surface area contributed by atoms with Crippen LogP contribution in [0.25, 0.3) is 11.1 Å². The van der Waals surface area contributed by atoms with Crippen LogP contribution in [0.5, 0.6) is 46.0 Å². The van der Waals surface area contributed by atoms with Gasteiger partial charge in [0.25, 0.3) is 0 Å². The molecular weight excluding hydrogens is 1590 g/mol. The molecule has 0 aromatic heterocycles. The average molecular weight is 1690 g/mol. The van der Waals surface area contributed by atoms with E-state index >= 15 is 24.0 Å². The van der Waals surface area contributed by atoms with E-state index in [1.807, 2.05) is 13.8 Å². The Balaban J connectivity index is 1.18. The number of halogens is 2. The fraction of sp³-hybridized carbons (Fsp3) is 0.525. The van der Waals surface area contributed by atoms with E-state index < -0.39 is 266 Å². The van der Waals surface area contributed by atoms with Crippen LogP contribution in [0.3, 0.4) is 0 Å². The third-order valence-corrected chi connectivity index (χ3v) is 23.6. The molecule has 0 spiro atoms. The number of benzene rings is 5. The summed E-state index contributed by atoms with van der Waals surface area (Å²) in [7, 11) is -3.74. The van der Waals surface area contributed by atoms with Gasteiger partial charge < -0.3 is 118 Å². The number of carboxylic acid groups (broad SMARTS) is 1. The summed E-state index contributed by atoms with van der Waals surface area (Å²) in [5, 5.41) is 130. The number of carboxylic acids is 1. The lowest BCUT2D eigenvalue weighted by atomic mass is 9.84. The van der Waals surface area contributed by atoms with Gasteiger partial charge in [-0.25, -0.2) is 17.9 Å². The van der Waals surface area contributed by atoms with Crippen LogP contribution in [0.4, 0.5) is 0 Å². The van der Waals surface area contributed by atoms with E-state index in [-0.39, 0.29) is 70.6 Å². The topological polar surface area (TPSA) is 553 Å². The van der Waals surface area contributed by atoms with Gasteiger partial charge in [-0.05, 0) is 116 Å². The number of aliphatic hydroxyl groups excluding tert-OH is 6. The second-order valence-electron chi connectivity index (χ2n) is 31.0. The van der Waals surface area contributed by atoms with Gasteiger partial charge in [-0.3, -0.25) is 33.6 Å². The van der Waals surface area contributed by atoms with Crippen molar-refractivity contribution >= 4 is 80.3 Å². The standard InChI is InChI=1S/C80H102Cl2N8O26S/c1-7-9-10-11-12-13-22-117(109,110)86-21-20-85-34-47-51(93)32-46-61(68(47)99)45-24-39(14-17-50(45)92)44-31-53(95)62-42-28-56(112-54-18-15-40(25-48(54)81)66(97)64(89-74(103)38(8-2)23-36(3)4)52(94)27-43(30-59(83)96)75(104)87-62)71(116-79-72(70(101)69(100)58(35-91)114-79)115-60-33-80(6,84)73(102)37(5)111-60)57(29-42)113-55-19-16-41(26-49(55)82)67(98)65(90-76(44)105)77(106)88-63(46)78(107)108/h14-19,24-26,28-29,32,36-38,43-44,58,60,62-67,69-70,72-73,79,85-86,91-93,97-102H,7-13,20-23,27,30-31,33-35,84H2,1-6H3,(H2,83,96)(H,87,104)(H,88,106)(H,89,103)(H,90,105)(H,107,108)/t37-,38+,43-,44+,58+,60-,62+,63-,64-,65-,66+,67+,69+,70-,72+,73+,79-,80-/m0/s1. The minimum atomic E-state index is -3.74. The van der Waals surface area contributed by atoms with Gasteiger partial charge >= 0.3 is 5.97 Å². The zero-order valence-corrected chi connectivity index (χ0v) is 67.5. The van der Waals surface area contributed by atoms with Crippen LogP contribution in [0.2, 0.25) is 10.0 Å². The van der Waals surface area contributed by atoms with Gasteiger partial charge in [0, 0.05) is 73.5 Å². The SMILES string of the molecule is CCCCCCCCS(=O)(=O)NCCNCc1c(O)cc2c(c1O)-c1cc(ccc1O)[C@H]1CC(=O)[C@@H]3NC(=O)[C@H](CC(N)=O)CC(=O)[C@H](NC(=O)[C@H](CC)CC(C)C)[C@H](O)c4ccc(c(Cl)c4)Oc4cc3cc(c4O[C@@H]3O[C@H](CO)[C@@H](O)[C@H](O)[C@H]3O[C@H]3C[C@](C)(N)[C@H](O)[C@H](C)O3)Oc3ccc(cc3Cl)[C@@H](O)[C@H](NC1=O)C(=O)N[C@@H]2C(=O)O. The Morgan fingerprint density at radius 3 is 1.98 bits per heavy atom. The molecular formula is C80H102Cl2N8O26S. The molecule has 0 radical (unpaired) electrons. The number of hydrogen-bond acceptors (Lipinski definition) is 27. The summed E-state index contributed by atoms with van der Waals surface area (Å²) in [6, 6.07) is 4.46. The number of ketones is 2. The number of nitrogens with two attached hydrogens (primary N) is 2. The van der Waals surface area contributed by atoms with E-state index in [9.17, 15) is 73.9 Å². The Bertz CT molecular complexity index is 4630. The molecule has 20 N–H and O–H groups in total. The number of aliphatic hydroxyl groups is 6. The molecule has 638 valence electrons. The number of aromatic hydroxyl groups is 3. The Kier molecular flexibility index (Phi) is 30.1. The highest BCUT2D eigenvalue weighted by Gasteiger charge is 2.52. The molecule has 2 saturated heterocycles. The minimum Gasteiger partial charge on any atom is -0.507 e. The molecule has 2 fully saturated rings. The highest BCUT2D eigenvalue weighted by molar-refractivity contribution is 7.89. The van der Waals surface area contributed by atoms with Crippen LogP contribution in [0.1, 0.15) is 182 Å². The molecule has 5 aromatic rings. The molecule has 0 saturated carbocycles. The molecule has 7 aliphatic rings. The van der Waals surface area contributed by atoms with Crippen molar-refractivity contribution in [2.24, 2.45) is 29.2 Å². The maximum Gasteiger partial charge on any atom is 0.330 e. The molecule has 5 amide bonds. The number of rotatable bonds is 26. The van der Waals surface area contributed by atoms with Gasteiger partial charge in [-0.2, -0.15) is 0 Å². The normalized spacial score (nSPS) is 27.3. The summed E-state index contributed by atoms with van der Waals surface area (Å²) >= 11 is 14.3. The van der Waals surface area contributed by atoms with E-state index in [0.717, 1.165) is 80.3 Å². The number of Topliss-reactive ketones (excluding diaryl/α,β-unsaturated/α-hetero) is 2. The fourth-order valence-corrected chi connectivity index (χ4v) is 16.7. The fourth-order valence-electron chi connectivity index (χ4n) is 15.1. The zero-order chi connectivity index (χ0) is 85.4. The molecule has 18 atom stereocenters. The smallest absolute Gasteiger partial charge is 0.330 e. The third kappa shape index (κ3) is 21.4. The molecule has 11 bridgehead atoms. The van der Waals surface area contributed by atoms with Crippen LogP contribution < -0.4 is 57.0 Å². The number of fused-ring (bicyclic) bond motifs is 15. The van der Waals surface area contributed by atoms with Crippen LogP contribution in [0.15, 0.2) is 72.8 Å². The summed E-state index contributed by atoms with van der Waals surface area (Å²) in [5.74, 6) is -19.8. The second-order valence-corrected chi connectivity index (χ2v) is 33.7. The molecule has 7 aliphatic heterocycles. The summed E-state index contributed by atoms with van der Waals surface area (Å²) < 4.78 is 67.1. The number of hydrogen-bond donors (Lipinski definition) is 18. The van der Waals surface area contributed by atoms with Crippen molar-refractivity contribution in [1.29, 1.82) is 0 Å². The van der Waals surface area contributed by atoms with Crippen molar-refractivity contribution in [3.63, 3.8) is 0 Å². The van der Waals surface area contributed by atoms with Crippen LogP contribution in [-0.4, -0.2) is 199 Å². The van der Waals surface area contributed by atoms with E-state index in [0.29, 0.717) is 19.3 Å². The number of ether oxygens (including phenoxy) is 6. The van der Waals surface area contributed by atoms with E-state index in [1.165, 1.54) is 32.0 Å². The number of carbonyl (C=O) groups is 8. The number of sulfonamides is 1. The number of carbonyl (C=O) groups excluding carboxylic acids is 7. The van der Waals surface area contributed by atoms with E-state index in [4.69, 9.17) is 63.1 Å². The van der Waals surface area contributed by atoms with Crippen LogP contribution >= 0.6 is 23.2 Å². The first-order chi connectivity index (χ1) is 55.3. The van der Waals surface area contributed by atoms with Gasteiger partial charge in [0.15, 0.2) is 41.5 Å². The van der Waals surface area contributed by atoms with Gasteiger partial charge in [-0.15, -0.1) is 0 Å². The first-order valence-electron chi connectivity index (χ1n) is 38.8. The predicted octanol–water partition coefficient (Wildman–Crippen LogP) is 4.89. The minimum absolute atomic E-state index is 0.0340. The van der Waals surface area contributed by atoms with Crippen molar-refractivity contribution in [2.45, 2.75) is 222 Å². The first kappa shape index (κ1) is 90.4. The van der Waals surface area contributed by atoms with Crippen LogP contribution in [-0.2, 0) is 69.1 Å². The Morgan fingerprint density at radius 1 is 0.735 bits per heavy atom. The van der Waals surface area contributed by atoms with Gasteiger partial charge in [-0.1, -0.05) is 101 Å². The molecule has 34 nitrogen and oxygen atoms in total. The molecule has 0 unspecified atom stereocenters. The lowest BCUT2D eigenvalue weighted by Crippen LogP contribution is -2.64. The van der Waals surface area contributed by atoms with E-state index in [2.05, 4.69) is 38.2 Å². The number of aliphatic carboxylic acids is 1. The largest absolute Gasteiger partial charge is 0.507 e. The summed E-state index contributed by atoms with van der Waals surface area (Å²) in [6.07, 6.45) is -15.2. The maximum absolute atomic E-state index is 16.4. The van der Waals surface area contributed by atoms with Crippen LogP contribution in [0, 0.1) is 17.8 Å². The van der Waals surface area contributed by atoms with Crippen molar-refractivity contribution in [2.75, 3.05) is 25.4 Å². The number of phenolic OH excluding ortho intramolecular Hbond substituents is 3. The molecule has 12 rings (SSSR count). The predicted molar refractivity (Wildman–Crippen MR) is 420 cm³/mol. The monoisotopic (exact) mass is 1690 g/mol. The van der Waals surface area contributed by atoms with E-state index in [1.54, 1.807) is 6.92 Å². The zero-order valence-electron chi connectivity index (χ0n) is 65.2. The number of amides is 5. The van der Waals surface area contributed by atoms with Crippen molar-refractivity contribution < 1.29 is 126 Å². The quantitative estimate of drug-likeness (QED) is 0.0328. The lowest BCUT2D eigenvalue weighted by Gasteiger charge is -2.47. The number of unbranched alkanes of at least 4 members (excludes halogenated alkanes) is 5. The Morgan fingerprint density at radius 2 is 1.38 bits per heavy atom. The summed E-state index contributed by atoms with van der Waals surface area (Å²) in [4.78, 5) is 120. The summed E-state index contributed by atoms with van der Waals surface area (Å²) in [6.45, 7) is 8.83. The highest BCUT2D eigenvalue weighted by Crippen LogP contribution is 2.51. The van der Waals surface area contributed by atoms with Crippen molar-refractivity contribution in [1.82, 2.24) is 31.3 Å². The van der Waals surface area contributed by atoms with Gasteiger partial charge in [0.1, 0.15) is 77.4 Å². The maximum atomic E-state index is 16.4. The Labute approximate surface area is 684 Å². The van der Waals surface area contributed by atoms with Gasteiger partial charge in [0.2, 0.25) is 51.6 Å². The number of primary amides is 1. The average Bonchev–Trinajstić information content (AvgIpc) is 0.761. The number of phenols is 3. The molecule has 5 aromatic carbocycles. The lowest BCUT2D eigenvalue weighted by molar-refractivity contribution is -0.333. The molecule has 37 heteroatoms. The summed E-state index contributed by atoms with van der Waals surface area (Å²) in [5.41, 5.74) is 7.86. The molecule has 117 heavy (non-hydrogen) atoms.